The lowest BCUT2D eigenvalue weighted by Gasteiger charge is -2.36. The Kier molecular flexibility index (Phi) is 4.01. The van der Waals surface area contributed by atoms with Gasteiger partial charge in [-0.3, -0.25) is 4.90 Å². The maximum absolute atomic E-state index is 12.4. The van der Waals surface area contributed by atoms with Crippen LogP contribution in [0.4, 0.5) is 4.79 Å². The SMILES string of the molecule is CC1SCC(C(=O)O)N1C(=O)N1CCCC(N)C1. The molecule has 0 radical (unpaired) electrons. The van der Waals surface area contributed by atoms with Crippen LogP contribution in [0.2, 0.25) is 0 Å². The topological polar surface area (TPSA) is 86.9 Å². The van der Waals surface area contributed by atoms with Crippen LogP contribution in [-0.2, 0) is 4.79 Å². The molecule has 7 heteroatoms. The number of carboxylic acids is 1. The lowest BCUT2D eigenvalue weighted by molar-refractivity contribution is -0.141. The fraction of sp³-hybridized carbons (Fsp3) is 0.818. The largest absolute Gasteiger partial charge is 0.480 e. The van der Waals surface area contributed by atoms with Crippen molar-refractivity contribution in [3.63, 3.8) is 0 Å². The van der Waals surface area contributed by atoms with Crippen molar-refractivity contribution in [2.45, 2.75) is 37.2 Å². The number of aliphatic carboxylic acids is 1. The first-order chi connectivity index (χ1) is 8.50. The van der Waals surface area contributed by atoms with E-state index < -0.39 is 12.0 Å². The number of nitrogens with two attached hydrogens (primary N) is 1. The van der Waals surface area contributed by atoms with E-state index in [2.05, 4.69) is 0 Å². The predicted octanol–water partition coefficient (Wildman–Crippen LogP) is 0.378. The minimum absolute atomic E-state index is 0.0107. The normalized spacial score (nSPS) is 32.7. The second kappa shape index (κ2) is 5.36. The number of thioether (sulfide) groups is 1. The summed E-state index contributed by atoms with van der Waals surface area (Å²) in [6.45, 7) is 3.07. The number of urea groups is 1. The molecule has 3 unspecified atom stereocenters. The van der Waals surface area contributed by atoms with E-state index in [4.69, 9.17) is 10.8 Å². The van der Waals surface area contributed by atoms with E-state index in [-0.39, 0.29) is 17.4 Å². The van der Waals surface area contributed by atoms with Gasteiger partial charge in [0.05, 0.1) is 5.37 Å². The third-order valence-corrected chi connectivity index (χ3v) is 4.67. The summed E-state index contributed by atoms with van der Waals surface area (Å²) < 4.78 is 0. The van der Waals surface area contributed by atoms with Gasteiger partial charge in [-0.15, -0.1) is 11.8 Å². The highest BCUT2D eigenvalue weighted by Gasteiger charge is 2.41. The molecule has 0 spiro atoms. The number of rotatable bonds is 1. The van der Waals surface area contributed by atoms with Crippen molar-refractivity contribution in [1.29, 1.82) is 0 Å². The summed E-state index contributed by atoms with van der Waals surface area (Å²) in [4.78, 5) is 26.7. The lowest BCUT2D eigenvalue weighted by atomic mass is 10.1. The van der Waals surface area contributed by atoms with Gasteiger partial charge < -0.3 is 15.7 Å². The number of likely N-dealkylation sites (tertiary alicyclic amines) is 1. The number of hydrogen-bond donors (Lipinski definition) is 2. The van der Waals surface area contributed by atoms with Gasteiger partial charge in [-0.05, 0) is 19.8 Å². The minimum Gasteiger partial charge on any atom is -0.480 e. The molecule has 0 bridgehead atoms. The molecule has 2 rings (SSSR count). The molecule has 0 saturated carbocycles. The summed E-state index contributed by atoms with van der Waals surface area (Å²) in [6, 6.07) is -0.887. The van der Waals surface area contributed by atoms with Crippen LogP contribution in [0.3, 0.4) is 0 Å². The van der Waals surface area contributed by atoms with Crippen molar-refractivity contribution >= 4 is 23.8 Å². The van der Waals surface area contributed by atoms with Crippen molar-refractivity contribution < 1.29 is 14.7 Å². The molecule has 2 heterocycles. The van der Waals surface area contributed by atoms with Crippen LogP contribution < -0.4 is 5.73 Å². The second-order valence-corrected chi connectivity index (χ2v) is 6.17. The number of amides is 2. The summed E-state index contributed by atoms with van der Waals surface area (Å²) in [5, 5.41) is 9.06. The maximum atomic E-state index is 12.4. The zero-order valence-electron chi connectivity index (χ0n) is 10.4. The number of carbonyl (C=O) groups excluding carboxylic acids is 1. The number of nitrogens with zero attached hydrogens (tertiary/aromatic N) is 2. The van der Waals surface area contributed by atoms with Gasteiger partial charge in [-0.1, -0.05) is 0 Å². The molecule has 102 valence electrons. The molecule has 18 heavy (non-hydrogen) atoms. The van der Waals surface area contributed by atoms with E-state index in [0.717, 1.165) is 12.8 Å². The number of piperidine rings is 1. The zero-order chi connectivity index (χ0) is 13.3. The van der Waals surface area contributed by atoms with E-state index in [1.54, 1.807) is 4.90 Å². The first-order valence-electron chi connectivity index (χ1n) is 6.18. The van der Waals surface area contributed by atoms with Crippen molar-refractivity contribution in [2.24, 2.45) is 5.73 Å². The summed E-state index contributed by atoms with van der Waals surface area (Å²) in [7, 11) is 0. The van der Waals surface area contributed by atoms with Crippen molar-refractivity contribution in [2.75, 3.05) is 18.8 Å². The van der Waals surface area contributed by atoms with Crippen LogP contribution in [0.15, 0.2) is 0 Å². The van der Waals surface area contributed by atoms with E-state index in [0.29, 0.717) is 18.8 Å². The third kappa shape index (κ3) is 2.56. The van der Waals surface area contributed by atoms with Gasteiger partial charge in [0.1, 0.15) is 6.04 Å². The molecule has 2 aliphatic heterocycles. The molecular formula is C11H19N3O3S. The molecule has 3 atom stereocenters. The predicted molar refractivity (Wildman–Crippen MR) is 69.4 cm³/mol. The third-order valence-electron chi connectivity index (χ3n) is 3.46. The van der Waals surface area contributed by atoms with Crippen LogP contribution in [0.5, 0.6) is 0 Å². The Hall–Kier alpha value is -0.950. The van der Waals surface area contributed by atoms with Gasteiger partial charge in [-0.2, -0.15) is 0 Å². The van der Waals surface area contributed by atoms with E-state index in [9.17, 15) is 9.59 Å². The standard InChI is InChI=1S/C11H19N3O3S/c1-7-14(9(6-18-7)10(15)16)11(17)13-4-2-3-8(12)5-13/h7-9H,2-6,12H2,1H3,(H,15,16). The van der Waals surface area contributed by atoms with Crippen molar-refractivity contribution in [3.8, 4) is 0 Å². The first-order valence-corrected chi connectivity index (χ1v) is 7.23. The van der Waals surface area contributed by atoms with Crippen LogP contribution >= 0.6 is 11.8 Å². The highest BCUT2D eigenvalue weighted by molar-refractivity contribution is 8.00. The highest BCUT2D eigenvalue weighted by Crippen LogP contribution is 2.30. The molecule has 0 aromatic heterocycles. The Morgan fingerprint density at radius 1 is 1.44 bits per heavy atom. The average molecular weight is 273 g/mol. The Morgan fingerprint density at radius 3 is 2.78 bits per heavy atom. The molecule has 3 N–H and O–H groups in total. The Bertz CT molecular complexity index is 352. The first kappa shape index (κ1) is 13.5. The van der Waals surface area contributed by atoms with Gasteiger partial charge in [0.15, 0.2) is 0 Å². The summed E-state index contributed by atoms with van der Waals surface area (Å²) in [5.41, 5.74) is 5.86. The molecule has 2 fully saturated rings. The lowest BCUT2D eigenvalue weighted by Crippen LogP contribution is -2.55. The van der Waals surface area contributed by atoms with E-state index >= 15 is 0 Å². The number of carbonyl (C=O) groups is 2. The van der Waals surface area contributed by atoms with Gasteiger partial charge in [0.25, 0.3) is 0 Å². The molecule has 0 aliphatic carbocycles. The molecule has 0 aromatic rings. The minimum atomic E-state index is -0.929. The average Bonchev–Trinajstić information content (AvgIpc) is 2.70. The molecular weight excluding hydrogens is 254 g/mol. The van der Waals surface area contributed by atoms with Gasteiger partial charge in [0, 0.05) is 24.9 Å². The second-order valence-electron chi connectivity index (χ2n) is 4.82. The molecule has 0 aromatic carbocycles. The monoisotopic (exact) mass is 273 g/mol. The van der Waals surface area contributed by atoms with E-state index in [1.165, 1.54) is 16.7 Å². The summed E-state index contributed by atoms with van der Waals surface area (Å²) >= 11 is 1.50. The van der Waals surface area contributed by atoms with E-state index in [1.807, 2.05) is 6.92 Å². The zero-order valence-corrected chi connectivity index (χ0v) is 11.2. The fourth-order valence-corrected chi connectivity index (χ4v) is 3.63. The molecule has 2 aliphatic rings. The van der Waals surface area contributed by atoms with Crippen LogP contribution in [0.1, 0.15) is 19.8 Å². The Morgan fingerprint density at radius 2 is 2.17 bits per heavy atom. The van der Waals surface area contributed by atoms with Crippen molar-refractivity contribution in [1.82, 2.24) is 9.80 Å². The molecule has 6 nitrogen and oxygen atoms in total. The highest BCUT2D eigenvalue weighted by atomic mass is 32.2. The Labute approximate surface area is 110 Å². The van der Waals surface area contributed by atoms with Gasteiger partial charge in [0.2, 0.25) is 0 Å². The van der Waals surface area contributed by atoms with Crippen LogP contribution in [-0.4, -0.2) is 63.2 Å². The fourth-order valence-electron chi connectivity index (χ4n) is 2.47. The number of hydrogen-bond acceptors (Lipinski definition) is 4. The van der Waals surface area contributed by atoms with Gasteiger partial charge >= 0.3 is 12.0 Å². The maximum Gasteiger partial charge on any atom is 0.327 e. The van der Waals surface area contributed by atoms with Crippen LogP contribution in [0.25, 0.3) is 0 Å². The molecule has 2 amide bonds. The Balaban J connectivity index is 2.08. The summed E-state index contributed by atoms with van der Waals surface area (Å²) in [6.07, 6.45) is 1.82. The number of carboxylic acid groups (broad SMARTS) is 1. The molecule has 2 saturated heterocycles. The summed E-state index contributed by atoms with van der Waals surface area (Å²) in [5.74, 6) is -0.469. The van der Waals surface area contributed by atoms with Crippen molar-refractivity contribution in [3.05, 3.63) is 0 Å². The quantitative estimate of drug-likeness (QED) is 0.721. The van der Waals surface area contributed by atoms with Gasteiger partial charge in [-0.25, -0.2) is 9.59 Å². The smallest absolute Gasteiger partial charge is 0.327 e. The van der Waals surface area contributed by atoms with Crippen LogP contribution in [0, 0.1) is 0 Å².